The van der Waals surface area contributed by atoms with Gasteiger partial charge in [0.2, 0.25) is 11.8 Å². The summed E-state index contributed by atoms with van der Waals surface area (Å²) in [5.74, 6) is -0.579. The van der Waals surface area contributed by atoms with Crippen molar-refractivity contribution >= 4 is 23.2 Å². The standard InChI is InChI=1S/C18H26N2O3/c1-11-8-9-12(19-17(23)18(2,3)4)10-14(11)20-16(22)13-6-5-7-15(13)21/h8-10,13,15,21H,5-7H2,1-4H3,(H,19,23)(H,20,22). The highest BCUT2D eigenvalue weighted by atomic mass is 16.3. The summed E-state index contributed by atoms with van der Waals surface area (Å²) in [6.07, 6.45) is 1.71. The molecule has 0 spiro atoms. The molecule has 2 unspecified atom stereocenters. The number of aryl methyl sites for hydroxylation is 1. The second-order valence-electron chi connectivity index (χ2n) is 7.33. The molecule has 0 aliphatic heterocycles. The van der Waals surface area contributed by atoms with Gasteiger partial charge < -0.3 is 15.7 Å². The van der Waals surface area contributed by atoms with Crippen molar-refractivity contribution in [1.29, 1.82) is 0 Å². The molecule has 5 nitrogen and oxygen atoms in total. The lowest BCUT2D eigenvalue weighted by Gasteiger charge is -2.19. The summed E-state index contributed by atoms with van der Waals surface area (Å²) in [7, 11) is 0. The number of hydrogen-bond donors (Lipinski definition) is 3. The highest BCUT2D eigenvalue weighted by Crippen LogP contribution is 2.28. The summed E-state index contributed by atoms with van der Waals surface area (Å²) in [5, 5.41) is 15.6. The molecule has 2 atom stereocenters. The Bertz CT molecular complexity index is 605. The Morgan fingerprint density at radius 2 is 1.87 bits per heavy atom. The van der Waals surface area contributed by atoms with Crippen LogP contribution in [0.5, 0.6) is 0 Å². The van der Waals surface area contributed by atoms with Crippen molar-refractivity contribution in [3.8, 4) is 0 Å². The highest BCUT2D eigenvalue weighted by Gasteiger charge is 2.31. The maximum Gasteiger partial charge on any atom is 0.230 e. The van der Waals surface area contributed by atoms with Crippen LogP contribution in [0.15, 0.2) is 18.2 Å². The van der Waals surface area contributed by atoms with Crippen molar-refractivity contribution in [3.63, 3.8) is 0 Å². The van der Waals surface area contributed by atoms with Crippen LogP contribution in [0.1, 0.15) is 45.6 Å². The van der Waals surface area contributed by atoms with E-state index >= 15 is 0 Å². The molecule has 2 amide bonds. The molecular weight excluding hydrogens is 292 g/mol. The summed E-state index contributed by atoms with van der Waals surface area (Å²) in [6.45, 7) is 7.44. The minimum atomic E-state index is -0.556. The van der Waals surface area contributed by atoms with Gasteiger partial charge in [-0.15, -0.1) is 0 Å². The Morgan fingerprint density at radius 3 is 2.43 bits per heavy atom. The number of rotatable bonds is 3. The number of carbonyl (C=O) groups is 2. The van der Waals surface area contributed by atoms with Crippen molar-refractivity contribution in [3.05, 3.63) is 23.8 Å². The van der Waals surface area contributed by atoms with Gasteiger partial charge in [0.25, 0.3) is 0 Å². The van der Waals surface area contributed by atoms with Crippen LogP contribution in [0, 0.1) is 18.3 Å². The lowest BCUT2D eigenvalue weighted by molar-refractivity contribution is -0.123. The number of benzene rings is 1. The first kappa shape index (κ1) is 17.5. The van der Waals surface area contributed by atoms with Crippen LogP contribution in [0.2, 0.25) is 0 Å². The van der Waals surface area contributed by atoms with Crippen LogP contribution in [0.3, 0.4) is 0 Å². The van der Waals surface area contributed by atoms with Gasteiger partial charge in [-0.05, 0) is 43.9 Å². The van der Waals surface area contributed by atoms with Gasteiger partial charge >= 0.3 is 0 Å². The van der Waals surface area contributed by atoms with Gasteiger partial charge in [0, 0.05) is 16.8 Å². The first-order chi connectivity index (χ1) is 10.7. The molecule has 1 saturated carbocycles. The summed E-state index contributed by atoms with van der Waals surface area (Å²) in [6, 6.07) is 5.44. The third-order valence-corrected chi connectivity index (χ3v) is 4.25. The molecule has 2 rings (SSSR count). The van der Waals surface area contributed by atoms with E-state index in [9.17, 15) is 14.7 Å². The first-order valence-electron chi connectivity index (χ1n) is 8.09. The minimum Gasteiger partial charge on any atom is -0.392 e. The van der Waals surface area contributed by atoms with Crippen LogP contribution in [0.4, 0.5) is 11.4 Å². The number of amides is 2. The summed E-state index contributed by atoms with van der Waals surface area (Å²) in [4.78, 5) is 24.4. The van der Waals surface area contributed by atoms with Gasteiger partial charge in [0.1, 0.15) is 0 Å². The molecule has 0 aromatic heterocycles. The van der Waals surface area contributed by atoms with Gasteiger partial charge in [-0.25, -0.2) is 0 Å². The fourth-order valence-electron chi connectivity index (χ4n) is 2.62. The number of aliphatic hydroxyl groups is 1. The van der Waals surface area contributed by atoms with Crippen LogP contribution >= 0.6 is 0 Å². The van der Waals surface area contributed by atoms with Crippen molar-refractivity contribution in [2.75, 3.05) is 10.6 Å². The van der Waals surface area contributed by atoms with E-state index in [4.69, 9.17) is 0 Å². The van der Waals surface area contributed by atoms with Gasteiger partial charge in [-0.2, -0.15) is 0 Å². The zero-order chi connectivity index (χ0) is 17.2. The van der Waals surface area contributed by atoms with E-state index in [0.29, 0.717) is 24.2 Å². The topological polar surface area (TPSA) is 78.4 Å². The lowest BCUT2D eigenvalue weighted by atomic mass is 9.95. The molecule has 5 heteroatoms. The molecule has 3 N–H and O–H groups in total. The lowest BCUT2D eigenvalue weighted by Crippen LogP contribution is -2.29. The smallest absolute Gasteiger partial charge is 0.230 e. The predicted molar refractivity (Wildman–Crippen MR) is 91.2 cm³/mol. The Morgan fingerprint density at radius 1 is 1.17 bits per heavy atom. The third kappa shape index (κ3) is 4.32. The molecule has 0 radical (unpaired) electrons. The van der Waals surface area contributed by atoms with Gasteiger partial charge in [-0.1, -0.05) is 26.8 Å². The average molecular weight is 318 g/mol. The van der Waals surface area contributed by atoms with Gasteiger partial charge in [0.05, 0.1) is 12.0 Å². The summed E-state index contributed by atoms with van der Waals surface area (Å²) < 4.78 is 0. The summed E-state index contributed by atoms with van der Waals surface area (Å²) in [5.41, 5.74) is 1.75. The average Bonchev–Trinajstić information content (AvgIpc) is 2.87. The molecule has 0 heterocycles. The maximum atomic E-state index is 12.3. The largest absolute Gasteiger partial charge is 0.392 e. The maximum absolute atomic E-state index is 12.3. The SMILES string of the molecule is Cc1ccc(NC(=O)C(C)(C)C)cc1NC(=O)C1CCCC1O. The molecule has 126 valence electrons. The number of aliphatic hydroxyl groups excluding tert-OH is 1. The van der Waals surface area contributed by atoms with Crippen molar-refractivity contribution < 1.29 is 14.7 Å². The second kappa shape index (κ2) is 6.71. The van der Waals surface area contributed by atoms with Crippen molar-refractivity contribution in [1.82, 2.24) is 0 Å². The monoisotopic (exact) mass is 318 g/mol. The minimum absolute atomic E-state index is 0.0788. The van der Waals surface area contributed by atoms with E-state index in [0.717, 1.165) is 12.0 Å². The van der Waals surface area contributed by atoms with E-state index in [1.165, 1.54) is 0 Å². The molecular formula is C18H26N2O3. The number of carbonyl (C=O) groups excluding carboxylic acids is 2. The van der Waals surface area contributed by atoms with E-state index in [2.05, 4.69) is 10.6 Å². The molecule has 23 heavy (non-hydrogen) atoms. The van der Waals surface area contributed by atoms with Crippen LogP contribution in [0.25, 0.3) is 0 Å². The van der Waals surface area contributed by atoms with Crippen LogP contribution in [-0.4, -0.2) is 23.0 Å². The number of nitrogens with one attached hydrogen (secondary N) is 2. The Hall–Kier alpha value is -1.88. The van der Waals surface area contributed by atoms with E-state index in [-0.39, 0.29) is 17.7 Å². The second-order valence-corrected chi connectivity index (χ2v) is 7.33. The van der Waals surface area contributed by atoms with E-state index in [1.54, 1.807) is 6.07 Å². The van der Waals surface area contributed by atoms with Crippen molar-refractivity contribution in [2.45, 2.75) is 53.1 Å². The Kier molecular flexibility index (Phi) is 5.09. The van der Waals surface area contributed by atoms with Gasteiger partial charge in [-0.3, -0.25) is 9.59 Å². The fourth-order valence-corrected chi connectivity index (χ4v) is 2.62. The number of hydrogen-bond acceptors (Lipinski definition) is 3. The molecule has 1 aliphatic carbocycles. The van der Waals surface area contributed by atoms with Gasteiger partial charge in [0.15, 0.2) is 0 Å². The fraction of sp³-hybridized carbons (Fsp3) is 0.556. The molecule has 1 aromatic rings. The van der Waals surface area contributed by atoms with E-state index < -0.39 is 11.5 Å². The molecule has 0 bridgehead atoms. The highest BCUT2D eigenvalue weighted by molar-refractivity contribution is 5.97. The molecule has 1 aliphatic rings. The predicted octanol–water partition coefficient (Wildman–Crippen LogP) is 3.08. The zero-order valence-corrected chi connectivity index (χ0v) is 14.3. The van der Waals surface area contributed by atoms with Crippen LogP contribution in [-0.2, 0) is 9.59 Å². The summed E-state index contributed by atoms with van der Waals surface area (Å²) >= 11 is 0. The molecule has 1 fully saturated rings. The normalized spacial score (nSPS) is 21.1. The zero-order valence-electron chi connectivity index (χ0n) is 14.3. The van der Waals surface area contributed by atoms with Crippen LogP contribution < -0.4 is 10.6 Å². The van der Waals surface area contributed by atoms with E-state index in [1.807, 2.05) is 39.8 Å². The molecule has 0 saturated heterocycles. The first-order valence-corrected chi connectivity index (χ1v) is 8.09. The third-order valence-electron chi connectivity index (χ3n) is 4.25. The Balaban J connectivity index is 2.11. The quantitative estimate of drug-likeness (QED) is 0.801. The molecule has 1 aromatic carbocycles. The number of anilines is 2. The van der Waals surface area contributed by atoms with Crippen molar-refractivity contribution in [2.24, 2.45) is 11.3 Å². The Labute approximate surface area is 137 Å².